The summed E-state index contributed by atoms with van der Waals surface area (Å²) in [5.41, 5.74) is 4.71. The summed E-state index contributed by atoms with van der Waals surface area (Å²) < 4.78 is 5.47. The van der Waals surface area contributed by atoms with Crippen LogP contribution in [-0.2, 0) is 4.74 Å². The molecule has 0 atom stereocenters. The Morgan fingerprint density at radius 1 is 0.909 bits per heavy atom. The lowest BCUT2D eigenvalue weighted by atomic mass is 10.1. The molecule has 1 aliphatic rings. The van der Waals surface area contributed by atoms with Crippen LogP contribution in [0.1, 0.15) is 5.56 Å². The predicted octanol–water partition coefficient (Wildman–Crippen LogP) is 4.70. The minimum atomic E-state index is 0.340. The summed E-state index contributed by atoms with van der Waals surface area (Å²) in [7, 11) is 0. The number of hydrogen-bond acceptors (Lipinski definition) is 8. The van der Waals surface area contributed by atoms with Gasteiger partial charge in [-0.15, -0.1) is 0 Å². The Morgan fingerprint density at radius 2 is 1.70 bits per heavy atom. The molecule has 1 aromatic heterocycles. The number of anilines is 4. The van der Waals surface area contributed by atoms with Crippen molar-refractivity contribution >= 4 is 52.1 Å². The number of halogens is 1. The van der Waals surface area contributed by atoms with Crippen LogP contribution >= 0.6 is 11.6 Å². The minimum Gasteiger partial charge on any atom is -0.378 e. The predicted molar refractivity (Wildman–Crippen MR) is 133 cm³/mol. The molecule has 0 spiro atoms. The number of hydrogen-bond donors (Lipinski definition) is 2. The van der Waals surface area contributed by atoms with E-state index in [1.807, 2.05) is 48.5 Å². The molecule has 0 unspecified atom stereocenters. The van der Waals surface area contributed by atoms with Crippen molar-refractivity contribution in [2.75, 3.05) is 41.9 Å². The maximum atomic E-state index is 6.05. The number of nitrogens with zero attached hydrogens (tertiary/aromatic N) is 5. The first-order valence-electron chi connectivity index (χ1n) is 10.6. The van der Waals surface area contributed by atoms with Crippen LogP contribution in [0.25, 0.3) is 10.8 Å². The van der Waals surface area contributed by atoms with E-state index < -0.39 is 0 Å². The molecule has 33 heavy (non-hydrogen) atoms. The number of fused-ring (bicyclic) bond motifs is 1. The quantitative estimate of drug-likeness (QED) is 0.319. The highest BCUT2D eigenvalue weighted by Gasteiger charge is 2.17. The van der Waals surface area contributed by atoms with Gasteiger partial charge in [-0.2, -0.15) is 20.1 Å². The third kappa shape index (κ3) is 5.19. The van der Waals surface area contributed by atoms with Crippen molar-refractivity contribution in [3.8, 4) is 0 Å². The Balaban J connectivity index is 1.44. The molecule has 0 radical (unpaired) electrons. The lowest BCUT2D eigenvalue weighted by molar-refractivity contribution is 0.122. The van der Waals surface area contributed by atoms with Gasteiger partial charge < -0.3 is 15.0 Å². The van der Waals surface area contributed by atoms with Gasteiger partial charge in [-0.3, -0.25) is 0 Å². The van der Waals surface area contributed by atoms with Gasteiger partial charge in [0.05, 0.1) is 19.4 Å². The van der Waals surface area contributed by atoms with Crippen LogP contribution in [0.3, 0.4) is 0 Å². The Bertz CT molecular complexity index is 1290. The highest BCUT2D eigenvalue weighted by atomic mass is 35.5. The second kappa shape index (κ2) is 9.81. The fraction of sp³-hybridized carbons (Fsp3) is 0.167. The van der Waals surface area contributed by atoms with E-state index in [0.29, 0.717) is 49.2 Å². The zero-order valence-corrected chi connectivity index (χ0v) is 18.5. The lowest BCUT2D eigenvalue weighted by Gasteiger charge is -2.27. The Labute approximate surface area is 196 Å². The average molecular weight is 460 g/mol. The van der Waals surface area contributed by atoms with Gasteiger partial charge in [0.1, 0.15) is 0 Å². The second-order valence-electron chi connectivity index (χ2n) is 7.46. The molecule has 5 rings (SSSR count). The van der Waals surface area contributed by atoms with Gasteiger partial charge in [0.15, 0.2) is 0 Å². The maximum Gasteiger partial charge on any atom is 0.250 e. The van der Waals surface area contributed by atoms with Crippen molar-refractivity contribution in [1.82, 2.24) is 15.0 Å². The standard InChI is InChI=1S/C24H22ClN7O/c25-19-8-3-5-17(15-19)16-26-31-23-28-22(29-24(30-23)32-11-13-33-14-12-32)27-21-10-4-7-18-6-1-2-9-20(18)21/h1-10,15-16H,11-14H2,(H2,27,28,29,30,31)/b26-16-. The molecule has 2 N–H and O–H groups in total. The van der Waals surface area contributed by atoms with Crippen LogP contribution in [0, 0.1) is 0 Å². The molecular formula is C24H22ClN7O. The first kappa shape index (κ1) is 21.1. The number of ether oxygens (including phenoxy) is 1. The van der Waals surface area contributed by atoms with Crippen molar-refractivity contribution < 1.29 is 4.74 Å². The molecule has 8 nitrogen and oxygen atoms in total. The number of rotatable bonds is 6. The van der Waals surface area contributed by atoms with Crippen molar-refractivity contribution in [3.63, 3.8) is 0 Å². The Hall–Kier alpha value is -3.75. The highest BCUT2D eigenvalue weighted by Crippen LogP contribution is 2.26. The normalized spacial score (nSPS) is 14.0. The summed E-state index contributed by atoms with van der Waals surface area (Å²) in [5, 5.41) is 10.5. The van der Waals surface area contributed by atoms with Crippen LogP contribution in [0.4, 0.5) is 23.5 Å². The second-order valence-corrected chi connectivity index (χ2v) is 7.90. The van der Waals surface area contributed by atoms with Crippen molar-refractivity contribution in [1.29, 1.82) is 0 Å². The van der Waals surface area contributed by atoms with Gasteiger partial charge in [0.25, 0.3) is 0 Å². The zero-order valence-electron chi connectivity index (χ0n) is 17.8. The average Bonchev–Trinajstić information content (AvgIpc) is 2.85. The molecule has 1 saturated heterocycles. The summed E-state index contributed by atoms with van der Waals surface area (Å²) in [6, 6.07) is 21.7. The zero-order chi connectivity index (χ0) is 22.5. The Morgan fingerprint density at radius 3 is 2.58 bits per heavy atom. The van der Waals surface area contributed by atoms with Crippen molar-refractivity contribution in [3.05, 3.63) is 77.3 Å². The van der Waals surface area contributed by atoms with Crippen LogP contribution < -0.4 is 15.6 Å². The van der Waals surface area contributed by atoms with E-state index in [-0.39, 0.29) is 0 Å². The fourth-order valence-electron chi connectivity index (χ4n) is 3.58. The molecule has 166 valence electrons. The van der Waals surface area contributed by atoms with Gasteiger partial charge in [-0.05, 0) is 29.1 Å². The summed E-state index contributed by atoms with van der Waals surface area (Å²) in [6.45, 7) is 2.69. The van der Waals surface area contributed by atoms with Crippen LogP contribution in [-0.4, -0.2) is 47.5 Å². The van der Waals surface area contributed by atoms with E-state index in [1.54, 1.807) is 6.21 Å². The van der Waals surface area contributed by atoms with Gasteiger partial charge in [-0.1, -0.05) is 60.1 Å². The number of benzene rings is 3. The first-order chi connectivity index (χ1) is 16.2. The van der Waals surface area contributed by atoms with Crippen LogP contribution in [0.15, 0.2) is 71.8 Å². The molecule has 1 aliphatic heterocycles. The van der Waals surface area contributed by atoms with Crippen LogP contribution in [0.2, 0.25) is 5.02 Å². The smallest absolute Gasteiger partial charge is 0.250 e. The molecule has 0 bridgehead atoms. The summed E-state index contributed by atoms with van der Waals surface area (Å²) in [4.78, 5) is 15.8. The highest BCUT2D eigenvalue weighted by molar-refractivity contribution is 6.30. The van der Waals surface area contributed by atoms with Gasteiger partial charge in [0, 0.05) is 29.2 Å². The fourth-order valence-corrected chi connectivity index (χ4v) is 3.78. The van der Waals surface area contributed by atoms with E-state index in [2.05, 4.69) is 53.9 Å². The molecule has 4 aromatic rings. The minimum absolute atomic E-state index is 0.340. The first-order valence-corrected chi connectivity index (χ1v) is 11.0. The maximum absolute atomic E-state index is 6.05. The van der Waals surface area contributed by atoms with Crippen molar-refractivity contribution in [2.45, 2.75) is 0 Å². The number of nitrogens with one attached hydrogen (secondary N) is 2. The van der Waals surface area contributed by atoms with E-state index >= 15 is 0 Å². The van der Waals surface area contributed by atoms with E-state index in [0.717, 1.165) is 22.0 Å². The lowest BCUT2D eigenvalue weighted by Crippen LogP contribution is -2.37. The molecule has 3 aromatic carbocycles. The van der Waals surface area contributed by atoms with Gasteiger partial charge in [-0.25, -0.2) is 5.43 Å². The third-order valence-electron chi connectivity index (χ3n) is 5.18. The molecule has 0 amide bonds. The number of aromatic nitrogens is 3. The van der Waals surface area contributed by atoms with Gasteiger partial charge >= 0.3 is 0 Å². The van der Waals surface area contributed by atoms with E-state index in [9.17, 15) is 0 Å². The number of hydrazone groups is 1. The van der Waals surface area contributed by atoms with E-state index in [1.165, 1.54) is 0 Å². The molecule has 1 fully saturated rings. The monoisotopic (exact) mass is 459 g/mol. The largest absolute Gasteiger partial charge is 0.378 e. The molecule has 0 saturated carbocycles. The van der Waals surface area contributed by atoms with Crippen LogP contribution in [0.5, 0.6) is 0 Å². The molecule has 9 heteroatoms. The summed E-state index contributed by atoms with van der Waals surface area (Å²) in [5.74, 6) is 1.34. The topological polar surface area (TPSA) is 87.6 Å². The van der Waals surface area contributed by atoms with Crippen molar-refractivity contribution in [2.24, 2.45) is 5.10 Å². The summed E-state index contributed by atoms with van der Waals surface area (Å²) >= 11 is 6.05. The van der Waals surface area contributed by atoms with E-state index in [4.69, 9.17) is 16.3 Å². The Kier molecular flexibility index (Phi) is 6.27. The van der Waals surface area contributed by atoms with Gasteiger partial charge in [0.2, 0.25) is 17.8 Å². The molecular weight excluding hydrogens is 438 g/mol. The molecule has 0 aliphatic carbocycles. The summed E-state index contributed by atoms with van der Waals surface area (Å²) in [6.07, 6.45) is 1.67. The third-order valence-corrected chi connectivity index (χ3v) is 5.42. The number of morpholine rings is 1. The molecule has 2 heterocycles. The SMILES string of the molecule is Clc1cccc(/C=N\Nc2nc(Nc3cccc4ccccc34)nc(N3CCOCC3)n2)c1.